The zero-order valence-electron chi connectivity index (χ0n) is 16.7. The Morgan fingerprint density at radius 2 is 1.03 bits per heavy atom. The molecule has 8 nitrogen and oxygen atoms in total. The van der Waals surface area contributed by atoms with E-state index in [1.807, 2.05) is 48.5 Å². The molecule has 0 heterocycles. The normalized spacial score (nSPS) is 5.70. The summed E-state index contributed by atoms with van der Waals surface area (Å²) in [7, 11) is 0. The summed E-state index contributed by atoms with van der Waals surface area (Å²) >= 11 is 0. The van der Waals surface area contributed by atoms with Gasteiger partial charge in [0, 0.05) is 57.7 Å². The van der Waals surface area contributed by atoms with Gasteiger partial charge in [-0.2, -0.15) is 0 Å². The van der Waals surface area contributed by atoms with Crippen LogP contribution in [0.3, 0.4) is 0 Å². The number of carbonyl (C=O) groups is 1. The maximum atomic E-state index is 11.7. The van der Waals surface area contributed by atoms with Crippen LogP contribution in [0.5, 0.6) is 0 Å². The summed E-state index contributed by atoms with van der Waals surface area (Å²) in [4.78, 5) is 11.7. The van der Waals surface area contributed by atoms with Crippen LogP contribution in [0.4, 0.5) is 0 Å². The number of nitrogens with one attached hydrogen (secondary N) is 1. The fourth-order valence-corrected chi connectivity index (χ4v) is 1.62. The Bertz CT molecular complexity index is 802. The fraction of sp³-hybridized carbons (Fsp3) is 0.0870. The van der Waals surface area contributed by atoms with Crippen molar-refractivity contribution in [1.29, 1.82) is 0 Å². The first kappa shape index (κ1) is 47.6. The first-order chi connectivity index (χ1) is 15.4. The molecular weight excluding hydrogens is 520 g/mol. The second-order valence-corrected chi connectivity index (χ2v) is 4.04. The molecule has 0 aromatic heterocycles. The molecule has 172 valence electrons. The molecule has 0 aliphatic carbocycles. The van der Waals surface area contributed by atoms with Crippen molar-refractivity contribution in [3.8, 4) is 11.8 Å². The Balaban J connectivity index is -0.0000000844. The second-order valence-electron chi connectivity index (χ2n) is 4.04. The third-order valence-corrected chi connectivity index (χ3v) is 2.58. The molecule has 0 spiro atoms. The van der Waals surface area contributed by atoms with E-state index in [0.717, 1.165) is 5.56 Å². The Morgan fingerprint density at radius 1 is 0.667 bits per heavy atom. The van der Waals surface area contributed by atoms with E-state index < -0.39 is 0 Å². The molecule has 1 amide bonds. The molecule has 0 atom stereocenters. The van der Waals surface area contributed by atoms with Crippen LogP contribution in [0.1, 0.15) is 22.3 Å². The molecule has 2 rings (SSSR count). The van der Waals surface area contributed by atoms with Gasteiger partial charge in [-0.1, -0.05) is 48.2 Å². The average Bonchev–Trinajstić information content (AvgIpc) is 2.92. The average molecular weight is 535 g/mol. The SMILES string of the molecule is O=C(NCCC#Cc1ccccc1)c1ccccc1.[C-]#[O+].[C-]#[O+].[C-]#[O+].[C-]#[O+].[C-]#[O+].[C-]#[O+].[Co].[Co]. The van der Waals surface area contributed by atoms with E-state index >= 15 is 0 Å². The van der Waals surface area contributed by atoms with Gasteiger partial charge in [-0.3, -0.25) is 4.79 Å². The van der Waals surface area contributed by atoms with Crippen molar-refractivity contribution in [2.45, 2.75) is 6.42 Å². The smallest absolute Gasteiger partial charge is 0 e. The minimum absolute atomic E-state index is 0. The monoisotopic (exact) mass is 535 g/mol. The summed E-state index contributed by atoms with van der Waals surface area (Å²) in [6.07, 6.45) is 0.646. The molecule has 2 aromatic rings. The maximum absolute atomic E-state index is 11.7. The molecule has 10 heteroatoms. The van der Waals surface area contributed by atoms with Crippen LogP contribution >= 0.6 is 0 Å². The van der Waals surface area contributed by atoms with Gasteiger partial charge in [-0.25, -0.2) is 0 Å². The summed E-state index contributed by atoms with van der Waals surface area (Å²) in [6, 6.07) is 19.0. The number of benzene rings is 2. The Labute approximate surface area is 213 Å². The summed E-state index contributed by atoms with van der Waals surface area (Å²) < 4.78 is 45.0. The number of amides is 1. The van der Waals surface area contributed by atoms with Crippen LogP contribution in [0.15, 0.2) is 60.7 Å². The molecule has 0 fully saturated rings. The summed E-state index contributed by atoms with van der Waals surface area (Å²) in [5.41, 5.74) is 1.68. The van der Waals surface area contributed by atoms with Crippen molar-refractivity contribution < 1.29 is 66.3 Å². The third kappa shape index (κ3) is 33.8. The van der Waals surface area contributed by atoms with Gasteiger partial charge in [0.2, 0.25) is 0 Å². The van der Waals surface area contributed by atoms with Crippen LogP contribution in [-0.2, 0) is 61.5 Å². The van der Waals surface area contributed by atoms with Gasteiger partial charge in [0.15, 0.2) is 0 Å². The van der Waals surface area contributed by atoms with Crippen molar-refractivity contribution >= 4 is 5.91 Å². The van der Waals surface area contributed by atoms with Crippen LogP contribution < -0.4 is 5.32 Å². The zero-order chi connectivity index (χ0) is 25.3. The first-order valence-electron chi connectivity index (χ1n) is 7.46. The van der Waals surface area contributed by atoms with E-state index in [0.29, 0.717) is 18.5 Å². The van der Waals surface area contributed by atoms with Gasteiger partial charge in [0.25, 0.3) is 5.91 Å². The van der Waals surface area contributed by atoms with Crippen molar-refractivity contribution in [3.05, 3.63) is 112 Å². The quantitative estimate of drug-likeness (QED) is 0.274. The van der Waals surface area contributed by atoms with Crippen LogP contribution in [0.2, 0.25) is 0 Å². The van der Waals surface area contributed by atoms with E-state index in [-0.39, 0.29) is 39.5 Å². The zero-order valence-corrected chi connectivity index (χ0v) is 18.8. The maximum Gasteiger partial charge on any atom is 0 e. The van der Waals surface area contributed by atoms with Gasteiger partial charge in [-0.05, 0) is 24.3 Å². The minimum Gasteiger partial charge on any atom is 0 e. The van der Waals surface area contributed by atoms with Crippen molar-refractivity contribution in [1.82, 2.24) is 5.32 Å². The predicted octanol–water partition coefficient (Wildman–Crippen LogP) is 2.63. The minimum atomic E-state index is -0.0536. The molecule has 2 radical (unpaired) electrons. The predicted molar refractivity (Wildman–Crippen MR) is 100 cm³/mol. The second kappa shape index (κ2) is 51.5. The molecule has 0 aliphatic heterocycles. The van der Waals surface area contributed by atoms with Gasteiger partial charge < -0.3 is 5.32 Å². The molecule has 0 saturated heterocycles. The Hall–Kier alpha value is -3.08. The Morgan fingerprint density at radius 3 is 1.42 bits per heavy atom. The van der Waals surface area contributed by atoms with E-state index in [1.165, 1.54) is 0 Å². The van der Waals surface area contributed by atoms with E-state index in [1.54, 1.807) is 12.1 Å². The summed E-state index contributed by atoms with van der Waals surface area (Å²) in [5.74, 6) is 6.05. The molecule has 0 saturated carbocycles. The molecule has 1 N–H and O–H groups in total. The molecular formula is C23H15Co2NO7. The van der Waals surface area contributed by atoms with E-state index in [2.05, 4.69) is 57.1 Å². The van der Waals surface area contributed by atoms with Gasteiger partial charge in [-0.15, -0.1) is 0 Å². The fourth-order valence-electron chi connectivity index (χ4n) is 1.62. The number of hydrogen-bond donors (Lipinski definition) is 1. The molecule has 0 bridgehead atoms. The van der Waals surface area contributed by atoms with Crippen molar-refractivity contribution in [2.75, 3.05) is 6.54 Å². The summed E-state index contributed by atoms with van der Waals surface area (Å²) in [6.45, 7) is 27.6. The largest absolute Gasteiger partial charge is 0 e. The molecule has 0 unspecified atom stereocenters. The van der Waals surface area contributed by atoms with Crippen molar-refractivity contribution in [3.63, 3.8) is 0 Å². The topological polar surface area (TPSA) is 149 Å². The third-order valence-electron chi connectivity index (χ3n) is 2.58. The molecule has 2 aromatic carbocycles. The Kier molecular flexibility index (Phi) is 74.4. The number of carbonyl (C=O) groups excluding carboxylic acids is 1. The number of hydrogen-bond acceptors (Lipinski definition) is 1. The molecule has 0 aliphatic rings. The van der Waals surface area contributed by atoms with Crippen LogP contribution in [-0.4, -0.2) is 12.5 Å². The first-order valence-corrected chi connectivity index (χ1v) is 7.46. The summed E-state index contributed by atoms with van der Waals surface area (Å²) in [5, 5.41) is 2.84. The number of rotatable bonds is 3. The molecule has 33 heavy (non-hydrogen) atoms. The van der Waals surface area contributed by atoms with E-state index in [4.69, 9.17) is 27.9 Å². The van der Waals surface area contributed by atoms with Crippen LogP contribution in [0.25, 0.3) is 0 Å². The van der Waals surface area contributed by atoms with Crippen molar-refractivity contribution in [2.24, 2.45) is 0 Å². The standard InChI is InChI=1S/C17H15NO.6CO.2Co/c19-17(16-12-5-2-6-13-16)18-14-8-7-11-15-9-3-1-4-10-15;6*1-2;;/h1-6,9-10,12-13H,8,14H2,(H,18,19);;;;;;;;. The van der Waals surface area contributed by atoms with Gasteiger partial charge in [0.05, 0.1) is 0 Å². The van der Waals surface area contributed by atoms with Crippen LogP contribution in [0, 0.1) is 51.7 Å². The van der Waals surface area contributed by atoms with E-state index in [9.17, 15) is 4.79 Å². The van der Waals surface area contributed by atoms with Gasteiger partial charge in [0.1, 0.15) is 0 Å². The van der Waals surface area contributed by atoms with Gasteiger partial charge >= 0.3 is 67.8 Å².